The molecule has 6 heteroatoms. The molecule has 104 valence electrons. The van der Waals surface area contributed by atoms with Gasteiger partial charge in [0.15, 0.2) is 0 Å². The first-order valence-corrected chi connectivity index (χ1v) is 7.60. The average molecular weight is 281 g/mol. The lowest BCUT2D eigenvalue weighted by Gasteiger charge is -2.34. The molecule has 1 saturated heterocycles. The van der Waals surface area contributed by atoms with Crippen LogP contribution in [0.15, 0.2) is 23.4 Å². The Morgan fingerprint density at radius 2 is 2.16 bits per heavy atom. The predicted molar refractivity (Wildman–Crippen MR) is 75.4 cm³/mol. The van der Waals surface area contributed by atoms with Gasteiger partial charge >= 0.3 is 0 Å². The van der Waals surface area contributed by atoms with Crippen LogP contribution in [-0.4, -0.2) is 71.4 Å². The first-order valence-electron chi connectivity index (χ1n) is 6.37. The van der Waals surface area contributed by atoms with Gasteiger partial charge in [-0.25, -0.2) is 4.98 Å². The summed E-state index contributed by atoms with van der Waals surface area (Å²) in [5.41, 5.74) is 0.686. The third-order valence-electron chi connectivity index (χ3n) is 3.27. The monoisotopic (exact) mass is 281 g/mol. The van der Waals surface area contributed by atoms with Gasteiger partial charge < -0.3 is 10.0 Å². The maximum absolute atomic E-state index is 12.4. The molecule has 0 saturated carbocycles. The number of carbonyl (C=O) groups excluding carboxylic acids is 1. The van der Waals surface area contributed by atoms with Crippen molar-refractivity contribution < 1.29 is 9.90 Å². The fourth-order valence-corrected chi connectivity index (χ4v) is 2.74. The third kappa shape index (κ3) is 3.46. The smallest absolute Gasteiger partial charge is 0.256 e. The second-order valence-corrected chi connectivity index (χ2v) is 5.21. The van der Waals surface area contributed by atoms with E-state index in [4.69, 9.17) is 5.11 Å². The minimum absolute atomic E-state index is 0.0566. The summed E-state index contributed by atoms with van der Waals surface area (Å²) < 4.78 is 0. The number of rotatable bonds is 4. The summed E-state index contributed by atoms with van der Waals surface area (Å²) in [5, 5.41) is 9.69. The van der Waals surface area contributed by atoms with Crippen LogP contribution in [0.2, 0.25) is 0 Å². The van der Waals surface area contributed by atoms with Crippen molar-refractivity contribution in [2.75, 3.05) is 45.6 Å². The summed E-state index contributed by atoms with van der Waals surface area (Å²) in [7, 11) is 0. The highest BCUT2D eigenvalue weighted by Gasteiger charge is 2.23. The van der Waals surface area contributed by atoms with E-state index < -0.39 is 0 Å². The number of β-amino-alcohol motifs (C(OH)–C–C–N with tert-alkyl or cyclic N) is 1. The Morgan fingerprint density at radius 1 is 1.42 bits per heavy atom. The number of hydrogen-bond acceptors (Lipinski definition) is 5. The summed E-state index contributed by atoms with van der Waals surface area (Å²) in [6.07, 6.45) is 3.64. The summed E-state index contributed by atoms with van der Waals surface area (Å²) >= 11 is 1.49. The van der Waals surface area contributed by atoms with Crippen LogP contribution in [0.1, 0.15) is 10.4 Å². The second kappa shape index (κ2) is 6.88. The number of nitrogens with zero attached hydrogens (tertiary/aromatic N) is 3. The molecule has 19 heavy (non-hydrogen) atoms. The van der Waals surface area contributed by atoms with Gasteiger partial charge in [-0.05, 0) is 18.4 Å². The molecular weight excluding hydrogens is 262 g/mol. The Hall–Kier alpha value is -1.11. The normalized spacial score (nSPS) is 16.6. The van der Waals surface area contributed by atoms with Crippen LogP contribution in [0.5, 0.6) is 0 Å². The van der Waals surface area contributed by atoms with Gasteiger partial charge in [0.2, 0.25) is 0 Å². The zero-order valence-electron chi connectivity index (χ0n) is 11.1. The molecule has 0 bridgehead atoms. The molecule has 1 aromatic heterocycles. The zero-order valence-corrected chi connectivity index (χ0v) is 11.9. The van der Waals surface area contributed by atoms with Gasteiger partial charge in [0.05, 0.1) is 12.2 Å². The molecule has 1 aliphatic rings. The maximum Gasteiger partial charge on any atom is 0.256 e. The largest absolute Gasteiger partial charge is 0.395 e. The van der Waals surface area contributed by atoms with Crippen LogP contribution >= 0.6 is 11.8 Å². The van der Waals surface area contributed by atoms with Crippen LogP contribution < -0.4 is 0 Å². The Kier molecular flexibility index (Phi) is 5.18. The van der Waals surface area contributed by atoms with Crippen LogP contribution in [0.4, 0.5) is 0 Å². The molecule has 0 aromatic carbocycles. The molecule has 5 nitrogen and oxygen atoms in total. The number of piperazine rings is 1. The van der Waals surface area contributed by atoms with Crippen molar-refractivity contribution in [3.05, 3.63) is 23.9 Å². The number of pyridine rings is 1. The molecule has 0 aliphatic carbocycles. The molecule has 1 amide bonds. The molecule has 0 radical (unpaired) electrons. The van der Waals surface area contributed by atoms with E-state index in [-0.39, 0.29) is 12.5 Å². The van der Waals surface area contributed by atoms with E-state index in [1.54, 1.807) is 12.3 Å². The molecule has 0 unspecified atom stereocenters. The first kappa shape index (κ1) is 14.3. The molecule has 2 heterocycles. The van der Waals surface area contributed by atoms with Crippen molar-refractivity contribution in [3.8, 4) is 0 Å². The Labute approximate surface area is 117 Å². The highest BCUT2D eigenvalue weighted by molar-refractivity contribution is 7.98. The average Bonchev–Trinajstić information content (AvgIpc) is 2.47. The fourth-order valence-electron chi connectivity index (χ4n) is 2.20. The van der Waals surface area contributed by atoms with Crippen molar-refractivity contribution in [1.29, 1.82) is 0 Å². The number of hydrogen-bond donors (Lipinski definition) is 1. The highest BCUT2D eigenvalue weighted by Crippen LogP contribution is 2.19. The minimum Gasteiger partial charge on any atom is -0.395 e. The standard InChI is InChI=1S/C13H19N3O2S/c1-19-12-11(3-2-4-14-12)13(18)16-7-5-15(6-8-16)9-10-17/h2-4,17H,5-10H2,1H3. The fraction of sp³-hybridized carbons (Fsp3) is 0.538. The number of thioether (sulfide) groups is 1. The molecule has 0 spiro atoms. The molecule has 2 rings (SSSR count). The van der Waals surface area contributed by atoms with Gasteiger partial charge in [0.25, 0.3) is 5.91 Å². The van der Waals surface area contributed by atoms with Gasteiger partial charge in [-0.3, -0.25) is 9.69 Å². The molecule has 1 fully saturated rings. The van der Waals surface area contributed by atoms with Gasteiger partial charge in [-0.15, -0.1) is 11.8 Å². The topological polar surface area (TPSA) is 56.7 Å². The van der Waals surface area contributed by atoms with Crippen LogP contribution in [-0.2, 0) is 0 Å². The van der Waals surface area contributed by atoms with Crippen LogP contribution in [0, 0.1) is 0 Å². The second-order valence-electron chi connectivity index (χ2n) is 4.42. The van der Waals surface area contributed by atoms with E-state index in [0.29, 0.717) is 25.2 Å². The van der Waals surface area contributed by atoms with E-state index in [9.17, 15) is 4.79 Å². The Bertz CT molecular complexity index is 434. The van der Waals surface area contributed by atoms with Gasteiger partial charge in [-0.1, -0.05) is 0 Å². The molecule has 1 aromatic rings. The Balaban J connectivity index is 2.01. The van der Waals surface area contributed by atoms with E-state index in [1.165, 1.54) is 11.8 Å². The number of amides is 1. The van der Waals surface area contributed by atoms with Crippen molar-refractivity contribution in [3.63, 3.8) is 0 Å². The summed E-state index contributed by atoms with van der Waals surface area (Å²) in [5.74, 6) is 0.0566. The Morgan fingerprint density at radius 3 is 2.79 bits per heavy atom. The lowest BCUT2D eigenvalue weighted by Crippen LogP contribution is -2.49. The van der Waals surface area contributed by atoms with Gasteiger partial charge in [0.1, 0.15) is 5.03 Å². The highest BCUT2D eigenvalue weighted by atomic mass is 32.2. The van der Waals surface area contributed by atoms with Crippen molar-refractivity contribution >= 4 is 17.7 Å². The van der Waals surface area contributed by atoms with E-state index in [0.717, 1.165) is 18.1 Å². The number of aliphatic hydroxyl groups excluding tert-OH is 1. The van der Waals surface area contributed by atoms with E-state index in [2.05, 4.69) is 9.88 Å². The summed E-state index contributed by atoms with van der Waals surface area (Å²) in [4.78, 5) is 20.7. The predicted octanol–water partition coefficient (Wildman–Crippen LogP) is 0.554. The SMILES string of the molecule is CSc1ncccc1C(=O)N1CCN(CCO)CC1. The lowest BCUT2D eigenvalue weighted by atomic mass is 10.2. The summed E-state index contributed by atoms with van der Waals surface area (Å²) in [6, 6.07) is 3.64. The van der Waals surface area contributed by atoms with Gasteiger partial charge in [0, 0.05) is 38.9 Å². The van der Waals surface area contributed by atoms with E-state index in [1.807, 2.05) is 17.2 Å². The third-order valence-corrected chi connectivity index (χ3v) is 3.98. The number of aliphatic hydroxyl groups is 1. The van der Waals surface area contributed by atoms with Crippen molar-refractivity contribution in [2.24, 2.45) is 0 Å². The molecular formula is C13H19N3O2S. The summed E-state index contributed by atoms with van der Waals surface area (Å²) in [6.45, 7) is 3.92. The van der Waals surface area contributed by atoms with Gasteiger partial charge in [-0.2, -0.15) is 0 Å². The first-order chi connectivity index (χ1) is 9.26. The maximum atomic E-state index is 12.4. The molecule has 1 aliphatic heterocycles. The lowest BCUT2D eigenvalue weighted by molar-refractivity contribution is 0.0611. The minimum atomic E-state index is 0.0566. The number of aromatic nitrogens is 1. The van der Waals surface area contributed by atoms with Crippen molar-refractivity contribution in [2.45, 2.75) is 5.03 Å². The molecule has 0 atom stereocenters. The van der Waals surface area contributed by atoms with Crippen LogP contribution in [0.3, 0.4) is 0 Å². The van der Waals surface area contributed by atoms with Crippen molar-refractivity contribution in [1.82, 2.24) is 14.8 Å². The molecule has 1 N–H and O–H groups in total. The quantitative estimate of drug-likeness (QED) is 0.817. The van der Waals surface area contributed by atoms with E-state index >= 15 is 0 Å². The zero-order chi connectivity index (χ0) is 13.7. The number of carbonyl (C=O) groups is 1. The van der Waals surface area contributed by atoms with Crippen LogP contribution in [0.25, 0.3) is 0 Å².